The molecule has 0 spiro atoms. The highest BCUT2D eigenvalue weighted by molar-refractivity contribution is 7.26. The third-order valence-corrected chi connectivity index (χ3v) is 11.4. The van der Waals surface area contributed by atoms with Crippen LogP contribution in [0.1, 0.15) is 0 Å². The molecule has 11 aromatic rings. The van der Waals surface area contributed by atoms with Gasteiger partial charge in [0.1, 0.15) is 11.3 Å². The second-order valence-corrected chi connectivity index (χ2v) is 14.4. The molecule has 11 rings (SSSR count). The Bertz CT molecular complexity index is 3210. The molecule has 5 nitrogen and oxygen atoms in total. The molecule has 0 bridgehead atoms. The van der Waals surface area contributed by atoms with Crippen LogP contribution in [-0.4, -0.2) is 19.9 Å². The van der Waals surface area contributed by atoms with E-state index < -0.39 is 0 Å². The number of para-hydroxylation sites is 1. The molecule has 54 heavy (non-hydrogen) atoms. The van der Waals surface area contributed by atoms with Gasteiger partial charge in [-0.2, -0.15) is 0 Å². The first-order valence-corrected chi connectivity index (χ1v) is 18.7. The topological polar surface area (TPSA) is 64.7 Å². The molecular formula is C48H28N4OS. The number of benzene rings is 7. The average Bonchev–Trinajstić information content (AvgIpc) is 3.83. The van der Waals surface area contributed by atoms with Gasteiger partial charge in [-0.25, -0.2) is 19.9 Å². The maximum atomic E-state index is 6.57. The molecule has 0 saturated heterocycles. The summed E-state index contributed by atoms with van der Waals surface area (Å²) >= 11 is 1.78. The van der Waals surface area contributed by atoms with E-state index in [-0.39, 0.29) is 0 Å². The number of furan rings is 1. The zero-order valence-electron chi connectivity index (χ0n) is 28.8. The molecule has 0 fully saturated rings. The summed E-state index contributed by atoms with van der Waals surface area (Å²) in [4.78, 5) is 20.2. The van der Waals surface area contributed by atoms with Crippen molar-refractivity contribution < 1.29 is 4.42 Å². The first-order valence-electron chi connectivity index (χ1n) is 17.9. The van der Waals surface area contributed by atoms with E-state index >= 15 is 0 Å². The van der Waals surface area contributed by atoms with E-state index in [4.69, 9.17) is 24.4 Å². The Labute approximate surface area is 313 Å². The maximum Gasteiger partial charge on any atom is 0.165 e. The van der Waals surface area contributed by atoms with Crippen LogP contribution in [0.3, 0.4) is 0 Å². The van der Waals surface area contributed by atoms with Gasteiger partial charge < -0.3 is 4.42 Å². The zero-order valence-corrected chi connectivity index (χ0v) is 29.6. The quantitative estimate of drug-likeness (QED) is 0.178. The number of aromatic nitrogens is 4. The number of hydrogen-bond donors (Lipinski definition) is 0. The molecule has 252 valence electrons. The molecule has 0 aliphatic carbocycles. The van der Waals surface area contributed by atoms with Crippen molar-refractivity contribution in [2.24, 2.45) is 0 Å². The van der Waals surface area contributed by atoms with Crippen molar-refractivity contribution in [3.05, 3.63) is 170 Å². The molecule has 0 N–H and O–H groups in total. The van der Waals surface area contributed by atoms with Crippen molar-refractivity contribution in [2.75, 3.05) is 0 Å². The summed E-state index contributed by atoms with van der Waals surface area (Å²) in [5.74, 6) is 1.94. The van der Waals surface area contributed by atoms with Crippen LogP contribution >= 0.6 is 11.3 Å². The Morgan fingerprint density at radius 1 is 0.407 bits per heavy atom. The Balaban J connectivity index is 1.03. The zero-order chi connectivity index (χ0) is 35.6. The van der Waals surface area contributed by atoms with E-state index in [1.54, 1.807) is 11.3 Å². The van der Waals surface area contributed by atoms with Crippen LogP contribution < -0.4 is 0 Å². The molecule has 0 aliphatic heterocycles. The van der Waals surface area contributed by atoms with Crippen molar-refractivity contribution in [3.63, 3.8) is 0 Å². The van der Waals surface area contributed by atoms with Gasteiger partial charge in [0, 0.05) is 58.6 Å². The van der Waals surface area contributed by atoms with Gasteiger partial charge in [-0.15, -0.1) is 11.3 Å². The van der Waals surface area contributed by atoms with Crippen LogP contribution in [0.4, 0.5) is 0 Å². The van der Waals surface area contributed by atoms with Gasteiger partial charge in [0.05, 0.1) is 5.52 Å². The monoisotopic (exact) mass is 708 g/mol. The first-order chi connectivity index (χ1) is 26.7. The molecular weight excluding hydrogens is 681 g/mol. The van der Waals surface area contributed by atoms with Crippen LogP contribution in [0, 0.1) is 0 Å². The van der Waals surface area contributed by atoms with Crippen molar-refractivity contribution >= 4 is 64.4 Å². The summed E-state index contributed by atoms with van der Waals surface area (Å²) in [5, 5.41) is 5.67. The summed E-state index contributed by atoms with van der Waals surface area (Å²) in [6.07, 6.45) is 0. The van der Waals surface area contributed by atoms with Gasteiger partial charge in [0.25, 0.3) is 0 Å². The minimum atomic E-state index is 0.632. The van der Waals surface area contributed by atoms with Crippen molar-refractivity contribution in [3.8, 4) is 56.5 Å². The molecule has 0 unspecified atom stereocenters. The fourth-order valence-electron chi connectivity index (χ4n) is 7.53. The van der Waals surface area contributed by atoms with Crippen LogP contribution in [0.5, 0.6) is 0 Å². The molecule has 0 atom stereocenters. The lowest BCUT2D eigenvalue weighted by atomic mass is 9.99. The van der Waals surface area contributed by atoms with Gasteiger partial charge in [-0.3, -0.25) is 0 Å². The van der Waals surface area contributed by atoms with E-state index in [1.807, 2.05) is 54.6 Å². The summed E-state index contributed by atoms with van der Waals surface area (Å²) < 4.78 is 8.99. The SMILES string of the molecule is c1ccc(-c2nc(-c3ccc(-c4ccc5oc6c(-c7ccccc7)nc7ccccc7c6c5c4)cc3)nc(-c3cccc4c3sc3ccccc34)n2)cc1. The summed E-state index contributed by atoms with van der Waals surface area (Å²) in [5.41, 5.74) is 9.50. The second-order valence-electron chi connectivity index (χ2n) is 13.4. The lowest BCUT2D eigenvalue weighted by Crippen LogP contribution is -2.00. The summed E-state index contributed by atoms with van der Waals surface area (Å²) in [6, 6.07) is 58.5. The predicted octanol–water partition coefficient (Wildman–Crippen LogP) is 13.0. The molecule has 0 aliphatic rings. The van der Waals surface area contributed by atoms with E-state index in [1.165, 1.54) is 20.2 Å². The predicted molar refractivity (Wildman–Crippen MR) is 222 cm³/mol. The number of hydrogen-bond acceptors (Lipinski definition) is 6. The minimum absolute atomic E-state index is 0.632. The van der Waals surface area contributed by atoms with E-state index in [9.17, 15) is 0 Å². The third kappa shape index (κ3) is 4.99. The third-order valence-electron chi connectivity index (χ3n) is 10.1. The number of pyridine rings is 1. The van der Waals surface area contributed by atoms with Crippen molar-refractivity contribution in [2.45, 2.75) is 0 Å². The highest BCUT2D eigenvalue weighted by Crippen LogP contribution is 2.42. The number of nitrogens with zero attached hydrogens (tertiary/aromatic N) is 4. The molecule has 4 aromatic heterocycles. The average molecular weight is 709 g/mol. The van der Waals surface area contributed by atoms with Crippen molar-refractivity contribution in [1.82, 2.24) is 19.9 Å². The normalized spacial score (nSPS) is 11.7. The van der Waals surface area contributed by atoms with Gasteiger partial charge in [-0.1, -0.05) is 140 Å². The molecule has 4 heterocycles. The standard InChI is InChI=1S/C48H28N4OS/c1-3-12-30(13-4-1)43-44-42(36-17-7-9-20-39(36)49-43)38-28-33(26-27-40(38)53-44)29-22-24-32(25-23-29)47-50-46(31-14-5-2-6-15-31)51-48(52-47)37-19-11-18-35-34-16-8-10-21-41(34)54-45(35)37/h1-28H. The van der Waals surface area contributed by atoms with Gasteiger partial charge in [-0.05, 0) is 41.5 Å². The highest BCUT2D eigenvalue weighted by Gasteiger charge is 2.19. The van der Waals surface area contributed by atoms with E-state index in [0.717, 1.165) is 71.9 Å². The van der Waals surface area contributed by atoms with Crippen LogP contribution in [0.25, 0.3) is 110 Å². The van der Waals surface area contributed by atoms with Crippen LogP contribution in [0.2, 0.25) is 0 Å². The Morgan fingerprint density at radius 3 is 1.81 bits per heavy atom. The fourth-order valence-corrected chi connectivity index (χ4v) is 8.75. The molecule has 7 aromatic carbocycles. The largest absolute Gasteiger partial charge is 0.454 e. The van der Waals surface area contributed by atoms with Crippen LogP contribution in [-0.2, 0) is 0 Å². The minimum Gasteiger partial charge on any atom is -0.454 e. The number of thiophene rings is 1. The van der Waals surface area contributed by atoms with Crippen LogP contribution in [0.15, 0.2) is 174 Å². The number of rotatable bonds is 5. The smallest absolute Gasteiger partial charge is 0.165 e. The van der Waals surface area contributed by atoms with E-state index in [0.29, 0.717) is 17.5 Å². The van der Waals surface area contributed by atoms with Gasteiger partial charge >= 0.3 is 0 Å². The first kappa shape index (κ1) is 30.6. The molecule has 0 radical (unpaired) electrons. The summed E-state index contributed by atoms with van der Waals surface area (Å²) in [6.45, 7) is 0. The highest BCUT2D eigenvalue weighted by atomic mass is 32.1. The molecule has 0 saturated carbocycles. The Kier molecular flexibility index (Phi) is 6.97. The lowest BCUT2D eigenvalue weighted by molar-refractivity contribution is 0.669. The van der Waals surface area contributed by atoms with E-state index in [2.05, 4.69) is 115 Å². The second kappa shape index (κ2) is 12.3. The fraction of sp³-hybridized carbons (Fsp3) is 0. The number of fused-ring (bicyclic) bond motifs is 8. The Morgan fingerprint density at radius 2 is 1.02 bits per heavy atom. The van der Waals surface area contributed by atoms with Crippen molar-refractivity contribution in [1.29, 1.82) is 0 Å². The summed E-state index contributed by atoms with van der Waals surface area (Å²) in [7, 11) is 0. The Hall–Kier alpha value is -7.02. The maximum absolute atomic E-state index is 6.57. The van der Waals surface area contributed by atoms with Gasteiger partial charge in [0.15, 0.2) is 23.1 Å². The molecule has 0 amide bonds. The lowest BCUT2D eigenvalue weighted by Gasteiger charge is -2.10. The van der Waals surface area contributed by atoms with Gasteiger partial charge in [0.2, 0.25) is 0 Å². The molecule has 6 heteroatoms.